The van der Waals surface area contributed by atoms with Crippen LogP contribution in [0.25, 0.3) is 0 Å². The van der Waals surface area contributed by atoms with E-state index in [1.54, 1.807) is 0 Å². The third-order valence-electron chi connectivity index (χ3n) is 2.23. The van der Waals surface area contributed by atoms with Crippen LogP contribution in [0.4, 0.5) is 0 Å². The monoisotopic (exact) mass is 256 g/mol. The van der Waals surface area contributed by atoms with E-state index in [0.29, 0.717) is 0 Å². The first kappa shape index (κ1) is 11.2. The molecule has 1 rings (SSSR count). The highest BCUT2D eigenvalue weighted by molar-refractivity contribution is 9.06. The molecule has 1 aromatic rings. The van der Waals surface area contributed by atoms with Gasteiger partial charge in [-0.05, 0) is 18.4 Å². The average molecular weight is 257 g/mol. The van der Waals surface area contributed by atoms with Crippen LogP contribution in [0.2, 0.25) is 0 Å². The van der Waals surface area contributed by atoms with Gasteiger partial charge in [-0.25, -0.2) is 0 Å². The first-order valence-corrected chi connectivity index (χ1v) is 5.29. The van der Waals surface area contributed by atoms with Crippen LogP contribution in [-0.4, -0.2) is 5.97 Å². The van der Waals surface area contributed by atoms with E-state index in [1.165, 1.54) is 0 Å². The fourth-order valence-electron chi connectivity index (χ4n) is 1.36. The second-order valence-electron chi connectivity index (χ2n) is 3.19. The molecule has 14 heavy (non-hydrogen) atoms. The number of carbonyl (C=O) groups is 1. The van der Waals surface area contributed by atoms with Gasteiger partial charge in [-0.3, -0.25) is 4.79 Å². The molecule has 0 N–H and O–H groups in total. The Labute approximate surface area is 92.7 Å². The Hall–Kier alpha value is -0.830. The van der Waals surface area contributed by atoms with Gasteiger partial charge in [-0.2, -0.15) is 0 Å². The third-order valence-corrected chi connectivity index (χ3v) is 2.55. The second-order valence-corrected chi connectivity index (χ2v) is 3.51. The van der Waals surface area contributed by atoms with Gasteiger partial charge in [0.25, 0.3) is 0 Å². The first-order chi connectivity index (χ1) is 6.77. The lowest BCUT2D eigenvalue weighted by Gasteiger charge is -2.10. The average Bonchev–Trinajstić information content (AvgIpc) is 2.26. The predicted octanol–water partition coefficient (Wildman–Crippen LogP) is 3.11. The molecule has 2 nitrogen and oxygen atoms in total. The number of rotatable bonds is 4. The van der Waals surface area contributed by atoms with Gasteiger partial charge < -0.3 is 3.83 Å². The Morgan fingerprint density at radius 2 is 2.07 bits per heavy atom. The molecule has 0 radical (unpaired) electrons. The van der Waals surface area contributed by atoms with Gasteiger partial charge in [0.1, 0.15) is 0 Å². The van der Waals surface area contributed by atoms with Crippen LogP contribution in [0.15, 0.2) is 30.3 Å². The van der Waals surface area contributed by atoms with Crippen molar-refractivity contribution in [2.24, 2.45) is 5.92 Å². The summed E-state index contributed by atoms with van der Waals surface area (Å²) < 4.78 is 4.55. The van der Waals surface area contributed by atoms with Gasteiger partial charge in [0.05, 0.1) is 5.92 Å². The molecular weight excluding hydrogens is 244 g/mol. The van der Waals surface area contributed by atoms with E-state index in [0.717, 1.165) is 18.4 Å². The summed E-state index contributed by atoms with van der Waals surface area (Å²) in [5, 5.41) is 0. The van der Waals surface area contributed by atoms with Crippen molar-refractivity contribution in [2.45, 2.75) is 19.8 Å². The van der Waals surface area contributed by atoms with Crippen LogP contribution in [0, 0.1) is 5.92 Å². The van der Waals surface area contributed by atoms with Crippen molar-refractivity contribution in [3.63, 3.8) is 0 Å². The third kappa shape index (κ3) is 3.14. The molecule has 0 saturated heterocycles. The van der Waals surface area contributed by atoms with Gasteiger partial charge in [-0.1, -0.05) is 37.3 Å². The van der Waals surface area contributed by atoms with Crippen LogP contribution in [-0.2, 0) is 15.0 Å². The fourth-order valence-corrected chi connectivity index (χ4v) is 1.62. The lowest BCUT2D eigenvalue weighted by Crippen LogP contribution is -2.16. The number of hydrogen-bond acceptors (Lipinski definition) is 2. The van der Waals surface area contributed by atoms with E-state index >= 15 is 0 Å². The minimum absolute atomic E-state index is 0.0585. The van der Waals surface area contributed by atoms with Crippen molar-refractivity contribution in [2.75, 3.05) is 0 Å². The summed E-state index contributed by atoms with van der Waals surface area (Å²) in [6.45, 7) is 1.98. The highest BCUT2D eigenvalue weighted by Crippen LogP contribution is 2.14. The number of halogens is 1. The molecule has 0 amide bonds. The van der Waals surface area contributed by atoms with Crippen LogP contribution in [0.1, 0.15) is 18.9 Å². The maximum Gasteiger partial charge on any atom is 0.320 e. The smallest absolute Gasteiger partial charge is 0.320 e. The lowest BCUT2D eigenvalue weighted by atomic mass is 9.97. The zero-order chi connectivity index (χ0) is 10.4. The molecule has 76 valence electrons. The first-order valence-electron chi connectivity index (χ1n) is 4.64. The van der Waals surface area contributed by atoms with E-state index in [9.17, 15) is 4.79 Å². The summed E-state index contributed by atoms with van der Waals surface area (Å²) in [4.78, 5) is 11.3. The van der Waals surface area contributed by atoms with Crippen LogP contribution < -0.4 is 0 Å². The highest BCUT2D eigenvalue weighted by atomic mass is 79.9. The minimum Gasteiger partial charge on any atom is -0.383 e. The summed E-state index contributed by atoms with van der Waals surface area (Å²) >= 11 is 2.72. The van der Waals surface area contributed by atoms with Crippen molar-refractivity contribution in [1.82, 2.24) is 0 Å². The normalized spacial score (nSPS) is 12.1. The van der Waals surface area contributed by atoms with E-state index in [4.69, 9.17) is 0 Å². The largest absolute Gasteiger partial charge is 0.383 e. The highest BCUT2D eigenvalue weighted by Gasteiger charge is 2.17. The van der Waals surface area contributed by atoms with E-state index in [1.807, 2.05) is 37.3 Å². The second kappa shape index (κ2) is 5.81. The maximum absolute atomic E-state index is 11.3. The summed E-state index contributed by atoms with van der Waals surface area (Å²) in [6.07, 6.45) is 1.53. The topological polar surface area (TPSA) is 26.3 Å². The Morgan fingerprint density at radius 1 is 1.43 bits per heavy atom. The lowest BCUT2D eigenvalue weighted by molar-refractivity contribution is -0.136. The summed E-state index contributed by atoms with van der Waals surface area (Å²) in [6, 6.07) is 9.95. The van der Waals surface area contributed by atoms with Crippen LogP contribution >= 0.6 is 16.3 Å². The summed E-state index contributed by atoms with van der Waals surface area (Å²) in [7, 11) is 0. The van der Waals surface area contributed by atoms with Crippen molar-refractivity contribution in [3.8, 4) is 0 Å². The zero-order valence-corrected chi connectivity index (χ0v) is 9.66. The molecular formula is C11H13BrO2. The Bertz CT molecular complexity index is 285. The number of benzene rings is 1. The Morgan fingerprint density at radius 3 is 2.57 bits per heavy atom. The maximum atomic E-state index is 11.3. The van der Waals surface area contributed by atoms with Gasteiger partial charge >= 0.3 is 5.97 Å². The van der Waals surface area contributed by atoms with Crippen LogP contribution in [0.3, 0.4) is 0 Å². The molecule has 1 unspecified atom stereocenters. The molecule has 3 heteroatoms. The van der Waals surface area contributed by atoms with Gasteiger partial charge in [-0.15, -0.1) is 0 Å². The van der Waals surface area contributed by atoms with Crippen LogP contribution in [0.5, 0.6) is 0 Å². The predicted molar refractivity (Wildman–Crippen MR) is 58.9 cm³/mol. The van der Waals surface area contributed by atoms with Crippen molar-refractivity contribution in [3.05, 3.63) is 35.9 Å². The standard InChI is InChI=1S/C11H13BrO2/c1-2-10(11(13)14-12)8-9-6-4-3-5-7-9/h3-7,10H,2,8H2,1H3. The quantitative estimate of drug-likeness (QED) is 0.828. The Kier molecular flexibility index (Phi) is 4.66. The number of hydrogen-bond donors (Lipinski definition) is 0. The fraction of sp³-hybridized carbons (Fsp3) is 0.364. The zero-order valence-electron chi connectivity index (χ0n) is 8.07. The molecule has 0 aliphatic heterocycles. The molecule has 0 bridgehead atoms. The molecule has 0 aliphatic rings. The molecule has 0 aromatic heterocycles. The van der Waals surface area contributed by atoms with E-state index < -0.39 is 0 Å². The van der Waals surface area contributed by atoms with E-state index in [2.05, 4.69) is 20.1 Å². The van der Waals surface area contributed by atoms with E-state index in [-0.39, 0.29) is 11.9 Å². The molecule has 0 saturated carbocycles. The molecule has 0 aliphatic carbocycles. The van der Waals surface area contributed by atoms with Crippen molar-refractivity contribution in [1.29, 1.82) is 0 Å². The molecule has 0 heterocycles. The number of carbonyl (C=O) groups excluding carboxylic acids is 1. The molecule has 1 atom stereocenters. The van der Waals surface area contributed by atoms with Gasteiger partial charge in [0, 0.05) is 0 Å². The minimum atomic E-state index is -0.198. The molecule has 0 fully saturated rings. The summed E-state index contributed by atoms with van der Waals surface area (Å²) in [5.74, 6) is -0.256. The molecule has 1 aromatic carbocycles. The molecule has 0 spiro atoms. The van der Waals surface area contributed by atoms with Crippen molar-refractivity contribution < 1.29 is 8.62 Å². The summed E-state index contributed by atoms with van der Waals surface area (Å²) in [5.41, 5.74) is 1.16. The SMILES string of the molecule is CCC(Cc1ccccc1)C(=O)OBr. The van der Waals surface area contributed by atoms with Gasteiger partial charge in [0.15, 0.2) is 16.3 Å². The van der Waals surface area contributed by atoms with Crippen molar-refractivity contribution >= 4 is 22.2 Å². The Balaban J connectivity index is 2.62. The van der Waals surface area contributed by atoms with Gasteiger partial charge in [0.2, 0.25) is 0 Å².